The van der Waals surface area contributed by atoms with Crippen LogP contribution in [0.4, 0.5) is 18.9 Å². The normalized spacial score (nSPS) is 14.0. The number of nitrogens with one attached hydrogen (secondary N) is 1. The second-order valence-electron chi connectivity index (χ2n) is 8.88. The Balaban J connectivity index is 1.51. The summed E-state index contributed by atoms with van der Waals surface area (Å²) in [5.74, 6) is -0.561. The van der Waals surface area contributed by atoms with Crippen molar-refractivity contribution in [2.75, 3.05) is 5.32 Å². The number of nitrogens with zero attached hydrogens (tertiary/aromatic N) is 4. The molecule has 11 nitrogen and oxygen atoms in total. The van der Waals surface area contributed by atoms with E-state index in [-0.39, 0.29) is 11.7 Å². The molecule has 0 aliphatic heterocycles. The van der Waals surface area contributed by atoms with Crippen LogP contribution in [0.1, 0.15) is 40.9 Å². The third-order valence-electron chi connectivity index (χ3n) is 5.85. The number of rotatable bonds is 8. The number of carbonyl (C=O) groups is 1. The van der Waals surface area contributed by atoms with Gasteiger partial charge in [-0.15, -0.1) is 0 Å². The van der Waals surface area contributed by atoms with Crippen molar-refractivity contribution in [3.63, 3.8) is 0 Å². The maximum atomic E-state index is 13.4. The highest BCUT2D eigenvalue weighted by atomic mass is 31.2. The highest BCUT2D eigenvalue weighted by Gasteiger charge is 2.55. The van der Waals surface area contributed by atoms with Crippen LogP contribution in [0.2, 0.25) is 0 Å². The Hall–Kier alpha value is -3.58. The average molecular weight is 553 g/mol. The Bertz CT molecular complexity index is 1550. The first-order chi connectivity index (χ1) is 17.6. The average Bonchev–Trinajstić information content (AvgIpc) is 3.44. The molecule has 0 bridgehead atoms. The van der Waals surface area contributed by atoms with E-state index in [4.69, 9.17) is 14.3 Å². The van der Waals surface area contributed by atoms with E-state index in [0.29, 0.717) is 29.5 Å². The fourth-order valence-corrected chi connectivity index (χ4v) is 4.37. The number of imidazole rings is 1. The summed E-state index contributed by atoms with van der Waals surface area (Å²) in [6.45, 7) is 4.22. The van der Waals surface area contributed by atoms with E-state index >= 15 is 0 Å². The van der Waals surface area contributed by atoms with Gasteiger partial charge in [0.25, 0.3) is 5.91 Å². The molecule has 0 aliphatic rings. The molecule has 1 amide bonds. The molecule has 38 heavy (non-hydrogen) atoms. The van der Waals surface area contributed by atoms with E-state index in [2.05, 4.69) is 25.0 Å². The van der Waals surface area contributed by atoms with Crippen molar-refractivity contribution in [2.45, 2.75) is 45.4 Å². The number of anilines is 1. The fourth-order valence-electron chi connectivity index (χ4n) is 3.65. The number of aryl methyl sites for hydroxylation is 3. The summed E-state index contributed by atoms with van der Waals surface area (Å²) in [5.41, 5.74) is 0.379. The third kappa shape index (κ3) is 5.94. The van der Waals surface area contributed by atoms with Crippen molar-refractivity contribution < 1.29 is 41.4 Å². The SMILES string of the molecule is Cc1ccn2c(C(=O)Nc3cc(-c4noc(CC[C@](C)(OP(=O)(O)O)C(F)(F)F)n4)ccc3C)cnc2c1. The molecule has 0 fully saturated rings. The predicted molar refractivity (Wildman–Crippen MR) is 128 cm³/mol. The standard InChI is InChI=1S/C23H23F3N5O6P/c1-13-7-9-31-17(12-27-18(31)10-13)21(32)28-16-11-15(5-4-14(16)2)20-29-19(36-30-20)6-8-22(3,23(24,25)26)37-38(33,34)35/h4-5,7,9-12H,6,8H2,1-3H3,(H,28,32)(H2,33,34,35)/t22-/m0/s1. The van der Waals surface area contributed by atoms with Crippen molar-refractivity contribution in [3.05, 3.63) is 65.4 Å². The zero-order valence-electron chi connectivity index (χ0n) is 20.4. The lowest BCUT2D eigenvalue weighted by molar-refractivity contribution is -0.248. The first-order valence-corrected chi connectivity index (χ1v) is 12.7. The molecule has 15 heteroatoms. The number of aromatic nitrogens is 4. The monoisotopic (exact) mass is 553 g/mol. The number of phosphoric ester groups is 1. The molecule has 3 N–H and O–H groups in total. The van der Waals surface area contributed by atoms with Gasteiger partial charge in [-0.05, 0) is 56.5 Å². The van der Waals surface area contributed by atoms with E-state index in [1.165, 1.54) is 6.20 Å². The molecule has 4 rings (SSSR count). The number of hydrogen-bond donors (Lipinski definition) is 3. The third-order valence-corrected chi connectivity index (χ3v) is 6.49. The number of amides is 1. The van der Waals surface area contributed by atoms with Gasteiger partial charge in [0.2, 0.25) is 11.7 Å². The molecular formula is C23H23F3N5O6P. The van der Waals surface area contributed by atoms with Crippen molar-refractivity contribution >= 4 is 25.1 Å². The first kappa shape index (κ1) is 27.5. The lowest BCUT2D eigenvalue weighted by Gasteiger charge is -2.31. The molecule has 202 valence electrons. The van der Waals surface area contributed by atoms with Crippen molar-refractivity contribution in [1.82, 2.24) is 19.5 Å². The summed E-state index contributed by atoms with van der Waals surface area (Å²) in [5, 5.41) is 6.60. The molecule has 3 heterocycles. The summed E-state index contributed by atoms with van der Waals surface area (Å²) in [6.07, 6.45) is -3.21. The number of phosphoric acid groups is 1. The molecule has 1 atom stereocenters. The number of carbonyl (C=O) groups excluding carboxylic acids is 1. The van der Waals surface area contributed by atoms with Gasteiger partial charge in [0.1, 0.15) is 11.3 Å². The molecule has 4 aromatic rings. The van der Waals surface area contributed by atoms with Crippen LogP contribution in [-0.2, 0) is 15.5 Å². The van der Waals surface area contributed by atoms with Crippen molar-refractivity contribution in [3.8, 4) is 11.4 Å². The number of fused-ring (bicyclic) bond motifs is 1. The predicted octanol–water partition coefficient (Wildman–Crippen LogP) is 4.62. The Morgan fingerprint density at radius 3 is 2.63 bits per heavy atom. The maximum Gasteiger partial charge on any atom is 0.470 e. The summed E-state index contributed by atoms with van der Waals surface area (Å²) in [7, 11) is -5.43. The van der Waals surface area contributed by atoms with E-state index in [1.807, 2.05) is 19.1 Å². The Morgan fingerprint density at radius 1 is 1.21 bits per heavy atom. The largest absolute Gasteiger partial charge is 0.470 e. The maximum absolute atomic E-state index is 13.4. The molecule has 0 unspecified atom stereocenters. The lowest BCUT2D eigenvalue weighted by atomic mass is 10.00. The first-order valence-electron chi connectivity index (χ1n) is 11.2. The molecule has 3 aromatic heterocycles. The quantitative estimate of drug-likeness (QED) is 0.266. The number of halogens is 3. The highest BCUT2D eigenvalue weighted by molar-refractivity contribution is 7.46. The molecule has 0 spiro atoms. The summed E-state index contributed by atoms with van der Waals surface area (Å²) >= 11 is 0. The van der Waals surface area contributed by atoms with Gasteiger partial charge < -0.3 is 19.6 Å². The van der Waals surface area contributed by atoms with E-state index in [1.54, 1.807) is 35.7 Å². The summed E-state index contributed by atoms with van der Waals surface area (Å²) < 4.78 is 62.1. The van der Waals surface area contributed by atoms with Crippen molar-refractivity contribution in [1.29, 1.82) is 0 Å². The minimum absolute atomic E-state index is 0.0467. The van der Waals surface area contributed by atoms with Gasteiger partial charge >= 0.3 is 14.0 Å². The zero-order valence-corrected chi connectivity index (χ0v) is 21.2. The van der Waals surface area contributed by atoms with E-state index in [0.717, 1.165) is 11.1 Å². The van der Waals surface area contributed by atoms with Crippen LogP contribution in [0.15, 0.2) is 47.2 Å². The van der Waals surface area contributed by atoms with Crippen molar-refractivity contribution in [2.24, 2.45) is 0 Å². The minimum atomic E-state index is -5.43. The molecule has 0 saturated carbocycles. The summed E-state index contributed by atoms with van der Waals surface area (Å²) in [4.78, 5) is 39.1. The zero-order chi connectivity index (χ0) is 27.9. The molecular weight excluding hydrogens is 530 g/mol. The lowest BCUT2D eigenvalue weighted by Crippen LogP contribution is -2.44. The molecule has 0 aliphatic carbocycles. The van der Waals surface area contributed by atoms with Crippen LogP contribution in [0, 0.1) is 13.8 Å². The van der Waals surface area contributed by atoms with Gasteiger partial charge in [-0.3, -0.25) is 13.7 Å². The van der Waals surface area contributed by atoms with Crippen LogP contribution in [-0.4, -0.2) is 47.0 Å². The van der Waals surface area contributed by atoms with Gasteiger partial charge in [0.05, 0.1) is 6.20 Å². The second-order valence-corrected chi connectivity index (χ2v) is 10.0. The van der Waals surface area contributed by atoms with Crippen LogP contribution in [0.25, 0.3) is 17.0 Å². The van der Waals surface area contributed by atoms with Crippen LogP contribution in [0.3, 0.4) is 0 Å². The smallest absolute Gasteiger partial charge is 0.339 e. The number of hydrogen-bond acceptors (Lipinski definition) is 7. The topological polar surface area (TPSA) is 152 Å². The highest BCUT2D eigenvalue weighted by Crippen LogP contribution is 2.49. The van der Waals surface area contributed by atoms with Gasteiger partial charge in [0, 0.05) is 23.9 Å². The minimum Gasteiger partial charge on any atom is -0.339 e. The van der Waals surface area contributed by atoms with Gasteiger partial charge in [-0.25, -0.2) is 9.55 Å². The Morgan fingerprint density at radius 2 is 1.95 bits per heavy atom. The van der Waals surface area contributed by atoms with Crippen LogP contribution < -0.4 is 5.32 Å². The number of alkyl halides is 3. The van der Waals surface area contributed by atoms with Crippen LogP contribution in [0.5, 0.6) is 0 Å². The summed E-state index contributed by atoms with van der Waals surface area (Å²) in [6, 6.07) is 8.62. The van der Waals surface area contributed by atoms with E-state index < -0.39 is 38.3 Å². The van der Waals surface area contributed by atoms with Gasteiger partial charge in [0.15, 0.2) is 5.60 Å². The number of pyridine rings is 1. The Labute approximate surface area is 213 Å². The number of benzene rings is 1. The molecule has 0 saturated heterocycles. The van der Waals surface area contributed by atoms with Gasteiger partial charge in [-0.1, -0.05) is 17.3 Å². The Kier molecular flexibility index (Phi) is 7.19. The fraction of sp³-hybridized carbons (Fsp3) is 0.304. The van der Waals surface area contributed by atoms with Gasteiger partial charge in [-0.2, -0.15) is 18.2 Å². The molecule has 1 aromatic carbocycles. The molecule has 0 radical (unpaired) electrons. The van der Waals surface area contributed by atoms with E-state index in [9.17, 15) is 22.5 Å². The second kappa shape index (κ2) is 9.95. The van der Waals surface area contributed by atoms with Crippen LogP contribution >= 0.6 is 7.82 Å².